The molecule has 82 valence electrons. The van der Waals surface area contributed by atoms with Crippen LogP contribution in [0.2, 0.25) is 0 Å². The monoisotopic (exact) mass is 206 g/mol. The fourth-order valence-corrected chi connectivity index (χ4v) is 2.34. The standard InChI is InChI=1S/C12H18N2O/c1-2-12-13-7-8-14(12)9-11(15)10-5-3-4-6-10/h7-8,10H,2-6,9H2,1H3. The second-order valence-electron chi connectivity index (χ2n) is 4.27. The van der Waals surface area contributed by atoms with Crippen LogP contribution in [0.5, 0.6) is 0 Å². The maximum Gasteiger partial charge on any atom is 0.155 e. The van der Waals surface area contributed by atoms with Gasteiger partial charge in [0.25, 0.3) is 0 Å². The SMILES string of the molecule is CCc1nccn1CC(=O)C1CCCC1. The lowest BCUT2D eigenvalue weighted by molar-refractivity contribution is -0.123. The zero-order chi connectivity index (χ0) is 10.7. The van der Waals surface area contributed by atoms with Crippen molar-refractivity contribution in [2.24, 2.45) is 5.92 Å². The minimum absolute atomic E-state index is 0.317. The fourth-order valence-electron chi connectivity index (χ4n) is 2.34. The van der Waals surface area contributed by atoms with Gasteiger partial charge in [-0.2, -0.15) is 0 Å². The number of nitrogens with zero attached hydrogens (tertiary/aromatic N) is 2. The third-order valence-electron chi connectivity index (χ3n) is 3.25. The van der Waals surface area contributed by atoms with Crippen molar-refractivity contribution in [2.45, 2.75) is 45.6 Å². The Morgan fingerprint density at radius 1 is 1.53 bits per heavy atom. The molecule has 1 fully saturated rings. The number of hydrogen-bond donors (Lipinski definition) is 0. The maximum absolute atomic E-state index is 11.9. The lowest BCUT2D eigenvalue weighted by atomic mass is 10.0. The normalized spacial score (nSPS) is 17.1. The highest BCUT2D eigenvalue weighted by Gasteiger charge is 2.22. The first kappa shape index (κ1) is 10.4. The molecule has 0 radical (unpaired) electrons. The predicted molar refractivity (Wildman–Crippen MR) is 58.6 cm³/mol. The third kappa shape index (κ3) is 2.28. The number of rotatable bonds is 4. The second-order valence-corrected chi connectivity index (χ2v) is 4.27. The third-order valence-corrected chi connectivity index (χ3v) is 3.25. The largest absolute Gasteiger partial charge is 0.328 e. The fraction of sp³-hybridized carbons (Fsp3) is 0.667. The number of aromatic nitrogens is 2. The molecule has 1 heterocycles. The van der Waals surface area contributed by atoms with Gasteiger partial charge in [0.2, 0.25) is 0 Å². The molecule has 3 nitrogen and oxygen atoms in total. The van der Waals surface area contributed by atoms with Crippen molar-refractivity contribution in [3.8, 4) is 0 Å². The summed E-state index contributed by atoms with van der Waals surface area (Å²) in [4.78, 5) is 16.2. The van der Waals surface area contributed by atoms with E-state index >= 15 is 0 Å². The number of carbonyl (C=O) groups excluding carboxylic acids is 1. The van der Waals surface area contributed by atoms with E-state index in [4.69, 9.17) is 0 Å². The molecule has 0 aromatic carbocycles. The molecule has 0 unspecified atom stereocenters. The number of carbonyl (C=O) groups is 1. The van der Waals surface area contributed by atoms with Gasteiger partial charge in [-0.1, -0.05) is 19.8 Å². The number of Topliss-reactive ketones (excluding diaryl/α,β-unsaturated/α-hetero) is 1. The van der Waals surface area contributed by atoms with Gasteiger partial charge in [0.15, 0.2) is 5.78 Å². The van der Waals surface area contributed by atoms with Crippen molar-refractivity contribution >= 4 is 5.78 Å². The van der Waals surface area contributed by atoms with E-state index in [9.17, 15) is 4.79 Å². The molecule has 1 saturated carbocycles. The van der Waals surface area contributed by atoms with Gasteiger partial charge in [-0.05, 0) is 12.8 Å². The molecule has 0 amide bonds. The van der Waals surface area contributed by atoms with Crippen molar-refractivity contribution in [1.29, 1.82) is 0 Å². The van der Waals surface area contributed by atoms with Gasteiger partial charge in [-0.25, -0.2) is 4.98 Å². The summed E-state index contributed by atoms with van der Waals surface area (Å²) in [5.41, 5.74) is 0. The summed E-state index contributed by atoms with van der Waals surface area (Å²) in [5.74, 6) is 1.72. The van der Waals surface area contributed by atoms with Crippen LogP contribution in [0.4, 0.5) is 0 Å². The van der Waals surface area contributed by atoms with Crippen LogP contribution in [0.1, 0.15) is 38.4 Å². The van der Waals surface area contributed by atoms with Crippen LogP contribution in [0, 0.1) is 5.92 Å². The van der Waals surface area contributed by atoms with E-state index in [1.165, 1.54) is 12.8 Å². The molecule has 0 spiro atoms. The highest BCUT2D eigenvalue weighted by molar-refractivity contribution is 5.81. The zero-order valence-electron chi connectivity index (χ0n) is 9.28. The Hall–Kier alpha value is -1.12. The number of aryl methyl sites for hydroxylation is 1. The van der Waals surface area contributed by atoms with Crippen molar-refractivity contribution in [1.82, 2.24) is 9.55 Å². The Labute approximate surface area is 90.5 Å². The van der Waals surface area contributed by atoms with E-state index in [1.807, 2.05) is 10.8 Å². The van der Waals surface area contributed by atoms with E-state index in [0.29, 0.717) is 18.2 Å². The van der Waals surface area contributed by atoms with Crippen LogP contribution in [0.25, 0.3) is 0 Å². The average Bonchev–Trinajstić information content (AvgIpc) is 2.87. The highest BCUT2D eigenvalue weighted by atomic mass is 16.1. The van der Waals surface area contributed by atoms with Gasteiger partial charge in [-0.3, -0.25) is 4.79 Å². The second kappa shape index (κ2) is 4.60. The number of hydrogen-bond acceptors (Lipinski definition) is 2. The summed E-state index contributed by atoms with van der Waals surface area (Å²) in [5, 5.41) is 0. The molecule has 0 N–H and O–H groups in total. The average molecular weight is 206 g/mol. The Bertz CT molecular complexity index is 337. The summed E-state index contributed by atoms with van der Waals surface area (Å²) >= 11 is 0. The van der Waals surface area contributed by atoms with Crippen LogP contribution in [0.15, 0.2) is 12.4 Å². The minimum atomic E-state index is 0.317. The molecule has 1 aliphatic rings. The van der Waals surface area contributed by atoms with Crippen molar-refractivity contribution in [2.75, 3.05) is 0 Å². The molecule has 0 saturated heterocycles. The quantitative estimate of drug-likeness (QED) is 0.757. The van der Waals surface area contributed by atoms with Gasteiger partial charge >= 0.3 is 0 Å². The lowest BCUT2D eigenvalue weighted by Crippen LogP contribution is -2.18. The van der Waals surface area contributed by atoms with E-state index in [0.717, 1.165) is 25.1 Å². The van der Waals surface area contributed by atoms with E-state index in [1.54, 1.807) is 6.20 Å². The molecule has 0 bridgehead atoms. The smallest absolute Gasteiger partial charge is 0.155 e. The van der Waals surface area contributed by atoms with E-state index < -0.39 is 0 Å². The Morgan fingerprint density at radius 3 is 2.93 bits per heavy atom. The van der Waals surface area contributed by atoms with Crippen LogP contribution in [0.3, 0.4) is 0 Å². The lowest BCUT2D eigenvalue weighted by Gasteiger charge is -2.10. The van der Waals surface area contributed by atoms with Gasteiger partial charge in [0, 0.05) is 24.7 Å². The Morgan fingerprint density at radius 2 is 2.27 bits per heavy atom. The highest BCUT2D eigenvalue weighted by Crippen LogP contribution is 2.25. The number of ketones is 1. The maximum atomic E-state index is 11.9. The molecule has 1 aromatic heterocycles. The summed E-state index contributed by atoms with van der Waals surface area (Å²) in [6.07, 6.45) is 9.21. The van der Waals surface area contributed by atoms with Crippen molar-refractivity contribution in [3.05, 3.63) is 18.2 Å². The van der Waals surface area contributed by atoms with Crippen LogP contribution in [-0.4, -0.2) is 15.3 Å². The first-order valence-corrected chi connectivity index (χ1v) is 5.84. The summed E-state index contributed by atoms with van der Waals surface area (Å²) < 4.78 is 1.99. The van der Waals surface area contributed by atoms with E-state index in [2.05, 4.69) is 11.9 Å². The zero-order valence-corrected chi connectivity index (χ0v) is 9.28. The molecule has 3 heteroatoms. The van der Waals surface area contributed by atoms with Gasteiger partial charge in [-0.15, -0.1) is 0 Å². The molecule has 15 heavy (non-hydrogen) atoms. The summed E-state index contributed by atoms with van der Waals surface area (Å²) in [6, 6.07) is 0. The molecule has 2 rings (SSSR count). The van der Waals surface area contributed by atoms with Crippen LogP contribution >= 0.6 is 0 Å². The van der Waals surface area contributed by atoms with Crippen LogP contribution in [-0.2, 0) is 17.8 Å². The predicted octanol–water partition coefficient (Wildman–Crippen LogP) is 2.20. The molecule has 0 aliphatic heterocycles. The topological polar surface area (TPSA) is 34.9 Å². The van der Waals surface area contributed by atoms with Crippen molar-refractivity contribution < 1.29 is 4.79 Å². The Kier molecular flexibility index (Phi) is 3.19. The Balaban J connectivity index is 1.98. The molecule has 0 atom stereocenters. The number of imidazole rings is 1. The van der Waals surface area contributed by atoms with Gasteiger partial charge < -0.3 is 4.57 Å². The summed E-state index contributed by atoms with van der Waals surface area (Å²) in [7, 11) is 0. The van der Waals surface area contributed by atoms with Crippen molar-refractivity contribution in [3.63, 3.8) is 0 Å². The molecular weight excluding hydrogens is 188 g/mol. The molecule has 1 aliphatic carbocycles. The molecule has 1 aromatic rings. The summed E-state index contributed by atoms with van der Waals surface area (Å²) in [6.45, 7) is 2.59. The minimum Gasteiger partial charge on any atom is -0.328 e. The first-order valence-electron chi connectivity index (χ1n) is 5.84. The van der Waals surface area contributed by atoms with Gasteiger partial charge in [0.1, 0.15) is 5.82 Å². The van der Waals surface area contributed by atoms with Gasteiger partial charge in [0.05, 0.1) is 6.54 Å². The molecular formula is C12H18N2O. The van der Waals surface area contributed by atoms with Crippen LogP contribution < -0.4 is 0 Å². The van der Waals surface area contributed by atoms with E-state index in [-0.39, 0.29) is 0 Å². The first-order chi connectivity index (χ1) is 7.31.